The summed E-state index contributed by atoms with van der Waals surface area (Å²) < 4.78 is 12.9. The molecule has 1 aromatic heterocycles. The lowest BCUT2D eigenvalue weighted by Gasteiger charge is -2.13. The molecule has 0 saturated heterocycles. The molecule has 1 N–H and O–H groups in total. The van der Waals surface area contributed by atoms with E-state index in [0.717, 1.165) is 4.47 Å². The van der Waals surface area contributed by atoms with Crippen LogP contribution < -0.4 is 15.0 Å². The van der Waals surface area contributed by atoms with Crippen molar-refractivity contribution >= 4 is 39.0 Å². The molecule has 9 heteroatoms. The highest BCUT2D eigenvalue weighted by Crippen LogP contribution is 2.28. The summed E-state index contributed by atoms with van der Waals surface area (Å²) in [7, 11) is 0. The number of carbonyl (C=O) groups is 1. The Morgan fingerprint density at radius 3 is 2.68 bits per heavy atom. The van der Waals surface area contributed by atoms with Crippen molar-refractivity contribution in [2.75, 3.05) is 13.2 Å². The van der Waals surface area contributed by atoms with Crippen LogP contribution in [-0.4, -0.2) is 40.2 Å². The van der Waals surface area contributed by atoms with Crippen LogP contribution in [0.5, 0.6) is 11.5 Å². The van der Waals surface area contributed by atoms with Crippen LogP contribution in [-0.2, 0) is 4.79 Å². The number of ether oxygens (including phenoxy) is 2. The van der Waals surface area contributed by atoms with Gasteiger partial charge >= 0.3 is 5.97 Å². The molecule has 3 aromatic rings. The van der Waals surface area contributed by atoms with Crippen molar-refractivity contribution in [2.45, 2.75) is 26.7 Å². The number of fused-ring (bicyclic) bond motifs is 1. The van der Waals surface area contributed by atoms with E-state index in [1.54, 1.807) is 30.3 Å². The molecule has 0 amide bonds. The largest absolute Gasteiger partial charge is 0.490 e. The SMILES string of the molecule is CCOc1cc(C=Nn2c(C(C)C)nc3ccc(Br)cc3c2=O)ccc1OCC(=O)O. The van der Waals surface area contributed by atoms with Crippen LogP contribution in [0.1, 0.15) is 38.1 Å². The number of aliphatic carboxylic acids is 1. The topological polar surface area (TPSA) is 103 Å². The lowest BCUT2D eigenvalue weighted by atomic mass is 10.2. The molecule has 0 bridgehead atoms. The van der Waals surface area contributed by atoms with E-state index < -0.39 is 12.6 Å². The van der Waals surface area contributed by atoms with Gasteiger partial charge in [-0.25, -0.2) is 9.78 Å². The first-order chi connectivity index (χ1) is 14.8. The number of benzene rings is 2. The summed E-state index contributed by atoms with van der Waals surface area (Å²) in [6.45, 7) is 5.61. The lowest BCUT2D eigenvalue weighted by Crippen LogP contribution is -2.23. The highest BCUT2D eigenvalue weighted by Gasteiger charge is 2.14. The van der Waals surface area contributed by atoms with Crippen molar-refractivity contribution in [3.05, 3.63) is 62.6 Å². The number of hydrogen-bond acceptors (Lipinski definition) is 6. The van der Waals surface area contributed by atoms with E-state index in [0.29, 0.717) is 40.4 Å². The lowest BCUT2D eigenvalue weighted by molar-refractivity contribution is -0.139. The highest BCUT2D eigenvalue weighted by atomic mass is 79.9. The average Bonchev–Trinajstić information content (AvgIpc) is 2.72. The molecule has 0 saturated carbocycles. The van der Waals surface area contributed by atoms with E-state index in [-0.39, 0.29) is 11.5 Å². The normalized spacial score (nSPS) is 11.4. The average molecular weight is 488 g/mol. The fourth-order valence-electron chi connectivity index (χ4n) is 2.91. The summed E-state index contributed by atoms with van der Waals surface area (Å²) >= 11 is 3.39. The van der Waals surface area contributed by atoms with Gasteiger partial charge in [-0.05, 0) is 48.9 Å². The van der Waals surface area contributed by atoms with Gasteiger partial charge in [-0.15, -0.1) is 0 Å². The van der Waals surface area contributed by atoms with E-state index in [1.165, 1.54) is 10.9 Å². The third kappa shape index (κ3) is 5.29. The first-order valence-electron chi connectivity index (χ1n) is 9.68. The van der Waals surface area contributed by atoms with Crippen molar-refractivity contribution in [1.29, 1.82) is 0 Å². The van der Waals surface area contributed by atoms with Crippen LogP contribution in [0, 0.1) is 0 Å². The molecule has 1 heterocycles. The molecule has 0 aliphatic carbocycles. The Bertz CT molecular complexity index is 1200. The molecule has 3 rings (SSSR count). The van der Waals surface area contributed by atoms with Gasteiger partial charge in [0, 0.05) is 10.4 Å². The number of halogens is 1. The molecule has 0 atom stereocenters. The Balaban J connectivity index is 2.03. The number of hydrogen-bond donors (Lipinski definition) is 1. The first-order valence-corrected chi connectivity index (χ1v) is 10.5. The minimum atomic E-state index is -1.08. The highest BCUT2D eigenvalue weighted by molar-refractivity contribution is 9.10. The summed E-state index contributed by atoms with van der Waals surface area (Å²) in [6, 6.07) is 10.4. The van der Waals surface area contributed by atoms with Crippen molar-refractivity contribution < 1.29 is 19.4 Å². The Morgan fingerprint density at radius 1 is 1.23 bits per heavy atom. The van der Waals surface area contributed by atoms with Crippen LogP contribution >= 0.6 is 15.9 Å². The van der Waals surface area contributed by atoms with Gasteiger partial charge in [-0.3, -0.25) is 4.79 Å². The monoisotopic (exact) mass is 487 g/mol. The summed E-state index contributed by atoms with van der Waals surface area (Å²) in [5, 5.41) is 13.7. The first kappa shape index (κ1) is 22.5. The van der Waals surface area contributed by atoms with Crippen molar-refractivity contribution in [1.82, 2.24) is 9.66 Å². The van der Waals surface area contributed by atoms with Crippen LogP contribution in [0.4, 0.5) is 0 Å². The number of rotatable bonds is 8. The van der Waals surface area contributed by atoms with E-state index in [1.807, 2.05) is 26.8 Å². The molecule has 0 aliphatic heterocycles. The van der Waals surface area contributed by atoms with Gasteiger partial charge in [0.2, 0.25) is 0 Å². The smallest absolute Gasteiger partial charge is 0.341 e. The number of carboxylic acids is 1. The summed E-state index contributed by atoms with van der Waals surface area (Å²) in [6.07, 6.45) is 1.53. The van der Waals surface area contributed by atoms with Crippen LogP contribution in [0.15, 0.2) is 50.8 Å². The zero-order valence-corrected chi connectivity index (χ0v) is 18.9. The van der Waals surface area contributed by atoms with Gasteiger partial charge in [0.1, 0.15) is 5.82 Å². The van der Waals surface area contributed by atoms with Crippen LogP contribution in [0.2, 0.25) is 0 Å². The number of nitrogens with zero attached hydrogens (tertiary/aromatic N) is 3. The van der Waals surface area contributed by atoms with Gasteiger partial charge in [0.25, 0.3) is 5.56 Å². The zero-order chi connectivity index (χ0) is 22.5. The van der Waals surface area contributed by atoms with Crippen LogP contribution in [0.3, 0.4) is 0 Å². The van der Waals surface area contributed by atoms with E-state index >= 15 is 0 Å². The molecule has 2 aromatic carbocycles. The minimum Gasteiger partial charge on any atom is -0.490 e. The summed E-state index contributed by atoms with van der Waals surface area (Å²) in [5.74, 6) is 0.152. The number of aromatic nitrogens is 2. The van der Waals surface area contributed by atoms with Crippen molar-refractivity contribution in [3.8, 4) is 11.5 Å². The Kier molecular flexibility index (Phi) is 7.06. The van der Waals surface area contributed by atoms with E-state index in [9.17, 15) is 9.59 Å². The van der Waals surface area contributed by atoms with Crippen LogP contribution in [0.25, 0.3) is 10.9 Å². The third-order valence-electron chi connectivity index (χ3n) is 4.29. The summed E-state index contributed by atoms with van der Waals surface area (Å²) in [4.78, 5) is 28.5. The Morgan fingerprint density at radius 2 is 2.00 bits per heavy atom. The predicted molar refractivity (Wildman–Crippen MR) is 122 cm³/mol. The molecule has 0 radical (unpaired) electrons. The van der Waals surface area contributed by atoms with Crippen molar-refractivity contribution in [2.24, 2.45) is 5.10 Å². The molecule has 162 valence electrons. The van der Waals surface area contributed by atoms with Gasteiger partial charge in [0.15, 0.2) is 18.1 Å². The molecule has 0 aliphatic rings. The fraction of sp³-hybridized carbons (Fsp3) is 0.273. The van der Waals surface area contributed by atoms with Gasteiger partial charge in [-0.2, -0.15) is 9.78 Å². The molecule has 0 unspecified atom stereocenters. The Hall–Kier alpha value is -3.20. The standard InChI is InChI=1S/C22H22BrN3O5/c1-4-30-19-9-14(5-8-18(19)31-12-20(27)28)11-24-26-21(13(2)3)25-17-7-6-15(23)10-16(17)22(26)29/h5-11,13H,4,12H2,1-3H3,(H,27,28). The maximum Gasteiger partial charge on any atom is 0.341 e. The maximum atomic E-state index is 13.1. The molecule has 0 fully saturated rings. The second-order valence-corrected chi connectivity index (χ2v) is 7.88. The molecule has 31 heavy (non-hydrogen) atoms. The van der Waals surface area contributed by atoms with E-state index in [4.69, 9.17) is 14.6 Å². The fourth-order valence-corrected chi connectivity index (χ4v) is 3.27. The van der Waals surface area contributed by atoms with Gasteiger partial charge in [-0.1, -0.05) is 29.8 Å². The molecular weight excluding hydrogens is 466 g/mol. The zero-order valence-electron chi connectivity index (χ0n) is 17.3. The maximum absolute atomic E-state index is 13.1. The predicted octanol–water partition coefficient (Wildman–Crippen LogP) is 4.03. The summed E-state index contributed by atoms with van der Waals surface area (Å²) in [5.41, 5.74) is 1.00. The second kappa shape index (κ2) is 9.74. The molecular formula is C22H22BrN3O5. The Labute approximate surface area is 187 Å². The third-order valence-corrected chi connectivity index (χ3v) is 4.78. The number of carboxylic acid groups (broad SMARTS) is 1. The minimum absolute atomic E-state index is 0.0244. The quantitative estimate of drug-likeness (QED) is 0.481. The second-order valence-electron chi connectivity index (χ2n) is 6.97. The van der Waals surface area contributed by atoms with Gasteiger partial charge < -0.3 is 14.6 Å². The molecule has 8 nitrogen and oxygen atoms in total. The van der Waals surface area contributed by atoms with Gasteiger partial charge in [0.05, 0.1) is 23.7 Å². The molecule has 0 spiro atoms. The van der Waals surface area contributed by atoms with E-state index in [2.05, 4.69) is 26.0 Å². The van der Waals surface area contributed by atoms with Crippen molar-refractivity contribution in [3.63, 3.8) is 0 Å².